The first-order chi connectivity index (χ1) is 9.16. The maximum Gasteiger partial charge on any atom is 0.306 e. The minimum absolute atomic E-state index is 0.157. The maximum absolute atomic E-state index is 11.7. The van der Waals surface area contributed by atoms with Crippen molar-refractivity contribution in [3.63, 3.8) is 0 Å². The molecule has 0 bridgehead atoms. The highest BCUT2D eigenvalue weighted by Gasteiger charge is 2.24. The quantitative estimate of drug-likeness (QED) is 0.633. The van der Waals surface area contributed by atoms with Crippen molar-refractivity contribution in [2.75, 3.05) is 25.1 Å². The van der Waals surface area contributed by atoms with E-state index < -0.39 is 0 Å². The molecule has 1 aliphatic rings. The Bertz CT molecular complexity index is 431. The fraction of sp³-hybridized carbons (Fsp3) is 0.533. The van der Waals surface area contributed by atoms with Crippen LogP contribution in [0.4, 0.5) is 5.69 Å². The molecule has 0 amide bonds. The van der Waals surface area contributed by atoms with Gasteiger partial charge >= 0.3 is 5.97 Å². The molecule has 1 aromatic rings. The van der Waals surface area contributed by atoms with Gasteiger partial charge in [-0.2, -0.15) is 0 Å². The molecule has 0 aromatic heterocycles. The van der Waals surface area contributed by atoms with E-state index in [9.17, 15) is 4.79 Å². The van der Waals surface area contributed by atoms with E-state index >= 15 is 0 Å². The zero-order valence-corrected chi connectivity index (χ0v) is 11.5. The topological polar surface area (TPSA) is 47.6 Å². The van der Waals surface area contributed by atoms with Gasteiger partial charge in [0.1, 0.15) is 6.61 Å². The Morgan fingerprint density at radius 3 is 2.95 bits per heavy atom. The average molecular weight is 263 g/mol. The zero-order valence-electron chi connectivity index (χ0n) is 11.5. The molecule has 0 fully saturated rings. The van der Waals surface area contributed by atoms with E-state index in [4.69, 9.17) is 9.47 Å². The summed E-state index contributed by atoms with van der Waals surface area (Å²) in [6.45, 7) is 5.52. The van der Waals surface area contributed by atoms with Gasteiger partial charge in [0.05, 0.1) is 19.1 Å². The average Bonchev–Trinajstić information content (AvgIpc) is 2.78. The number of hydrogen-bond acceptors (Lipinski definition) is 4. The van der Waals surface area contributed by atoms with Gasteiger partial charge in [0, 0.05) is 18.2 Å². The van der Waals surface area contributed by atoms with E-state index in [0.29, 0.717) is 19.6 Å². The summed E-state index contributed by atoms with van der Waals surface area (Å²) in [6, 6.07) is 8.10. The molecular weight excluding hydrogens is 242 g/mol. The number of hydrogen-bond donors (Lipinski definition) is 1. The van der Waals surface area contributed by atoms with Gasteiger partial charge in [-0.25, -0.2) is 0 Å². The van der Waals surface area contributed by atoms with Crippen LogP contribution < -0.4 is 5.32 Å². The van der Waals surface area contributed by atoms with Crippen LogP contribution in [-0.2, 0) is 14.3 Å². The first-order valence-corrected chi connectivity index (χ1v) is 6.77. The summed E-state index contributed by atoms with van der Waals surface area (Å²) in [4.78, 5) is 11.7. The van der Waals surface area contributed by atoms with Gasteiger partial charge in [-0.05, 0) is 25.5 Å². The third kappa shape index (κ3) is 3.96. The molecule has 4 heteroatoms. The fourth-order valence-electron chi connectivity index (χ4n) is 2.24. The molecule has 0 saturated heterocycles. The molecule has 19 heavy (non-hydrogen) atoms. The smallest absolute Gasteiger partial charge is 0.306 e. The minimum atomic E-state index is -0.157. The molecule has 1 aromatic carbocycles. The number of nitrogens with one attached hydrogen (secondary N) is 1. The van der Waals surface area contributed by atoms with Crippen LogP contribution >= 0.6 is 0 Å². The molecule has 0 aliphatic carbocycles. The number of rotatable bonds is 6. The van der Waals surface area contributed by atoms with Crippen LogP contribution in [0.1, 0.15) is 31.7 Å². The molecule has 2 rings (SSSR count). The second kappa shape index (κ2) is 6.57. The van der Waals surface area contributed by atoms with Gasteiger partial charge in [-0.15, -0.1) is 0 Å². The first-order valence-electron chi connectivity index (χ1n) is 6.77. The molecule has 1 N–H and O–H groups in total. The Morgan fingerprint density at radius 1 is 1.37 bits per heavy atom. The number of esters is 1. The van der Waals surface area contributed by atoms with Crippen LogP contribution in [0.5, 0.6) is 0 Å². The SMILES string of the molecule is CC(C)OCCOC(=O)CC1CNc2ccccc21. The number of fused-ring (bicyclic) bond motifs is 1. The highest BCUT2D eigenvalue weighted by atomic mass is 16.6. The van der Waals surface area contributed by atoms with Crippen molar-refractivity contribution in [3.05, 3.63) is 29.8 Å². The second-order valence-electron chi connectivity index (χ2n) is 5.01. The van der Waals surface area contributed by atoms with Gasteiger partial charge in [0.2, 0.25) is 0 Å². The normalized spacial score (nSPS) is 17.1. The summed E-state index contributed by atoms with van der Waals surface area (Å²) in [5, 5.41) is 3.31. The molecule has 0 spiro atoms. The number of carbonyl (C=O) groups excluding carboxylic acids is 1. The van der Waals surface area contributed by atoms with Gasteiger partial charge in [-0.1, -0.05) is 18.2 Å². The number of benzene rings is 1. The molecule has 1 atom stereocenters. The number of para-hydroxylation sites is 1. The Labute approximate surface area is 114 Å². The van der Waals surface area contributed by atoms with E-state index in [1.807, 2.05) is 32.0 Å². The summed E-state index contributed by atoms with van der Waals surface area (Å²) in [7, 11) is 0. The third-order valence-electron chi connectivity index (χ3n) is 3.15. The molecule has 4 nitrogen and oxygen atoms in total. The highest BCUT2D eigenvalue weighted by Crippen LogP contribution is 2.33. The monoisotopic (exact) mass is 263 g/mol. The van der Waals surface area contributed by atoms with E-state index in [0.717, 1.165) is 12.2 Å². The molecule has 1 heterocycles. The Morgan fingerprint density at radius 2 is 2.16 bits per heavy atom. The lowest BCUT2D eigenvalue weighted by molar-refractivity contribution is -0.146. The van der Waals surface area contributed by atoms with Crippen molar-refractivity contribution in [2.24, 2.45) is 0 Å². The molecule has 0 saturated carbocycles. The lowest BCUT2D eigenvalue weighted by atomic mass is 9.98. The summed E-state index contributed by atoms with van der Waals surface area (Å²) in [5.74, 6) is 0.0607. The van der Waals surface area contributed by atoms with Crippen LogP contribution in [0.2, 0.25) is 0 Å². The van der Waals surface area contributed by atoms with Crippen molar-refractivity contribution < 1.29 is 14.3 Å². The van der Waals surface area contributed by atoms with Gasteiger partial charge in [0.25, 0.3) is 0 Å². The Hall–Kier alpha value is -1.55. The predicted octanol–water partition coefficient (Wildman–Crippen LogP) is 2.55. The van der Waals surface area contributed by atoms with E-state index in [1.165, 1.54) is 5.56 Å². The van der Waals surface area contributed by atoms with Crippen LogP contribution in [0.3, 0.4) is 0 Å². The fourth-order valence-corrected chi connectivity index (χ4v) is 2.24. The van der Waals surface area contributed by atoms with Gasteiger partial charge in [-0.3, -0.25) is 4.79 Å². The van der Waals surface area contributed by atoms with Crippen molar-refractivity contribution in [1.82, 2.24) is 0 Å². The Balaban J connectivity index is 1.75. The van der Waals surface area contributed by atoms with Crippen molar-refractivity contribution in [1.29, 1.82) is 0 Å². The summed E-state index contributed by atoms with van der Waals surface area (Å²) in [5.41, 5.74) is 2.33. The first kappa shape index (κ1) is 13.9. The number of ether oxygens (including phenoxy) is 2. The van der Waals surface area contributed by atoms with E-state index in [1.54, 1.807) is 0 Å². The van der Waals surface area contributed by atoms with E-state index in [-0.39, 0.29) is 18.0 Å². The van der Waals surface area contributed by atoms with Crippen molar-refractivity contribution >= 4 is 11.7 Å². The second-order valence-corrected chi connectivity index (χ2v) is 5.01. The summed E-state index contributed by atoms with van der Waals surface area (Å²) in [6.07, 6.45) is 0.593. The summed E-state index contributed by atoms with van der Waals surface area (Å²) >= 11 is 0. The predicted molar refractivity (Wildman–Crippen MR) is 74.3 cm³/mol. The van der Waals surface area contributed by atoms with Crippen LogP contribution in [0, 0.1) is 0 Å². The summed E-state index contributed by atoms with van der Waals surface area (Å²) < 4.78 is 10.5. The molecule has 1 aliphatic heterocycles. The van der Waals surface area contributed by atoms with Crippen LogP contribution in [-0.4, -0.2) is 31.8 Å². The standard InChI is InChI=1S/C15H21NO3/c1-11(2)18-7-8-19-15(17)9-12-10-16-14-6-4-3-5-13(12)14/h3-6,11-12,16H,7-10H2,1-2H3. The lowest BCUT2D eigenvalue weighted by Gasteiger charge is -2.11. The van der Waals surface area contributed by atoms with Crippen LogP contribution in [0.15, 0.2) is 24.3 Å². The molecule has 104 valence electrons. The molecule has 1 unspecified atom stereocenters. The number of carbonyl (C=O) groups is 1. The molecule has 0 radical (unpaired) electrons. The van der Waals surface area contributed by atoms with Gasteiger partial charge < -0.3 is 14.8 Å². The number of anilines is 1. The highest BCUT2D eigenvalue weighted by molar-refractivity contribution is 5.72. The van der Waals surface area contributed by atoms with Crippen LogP contribution in [0.25, 0.3) is 0 Å². The van der Waals surface area contributed by atoms with Crippen molar-refractivity contribution in [3.8, 4) is 0 Å². The lowest BCUT2D eigenvalue weighted by Crippen LogP contribution is -2.16. The molecular formula is C15H21NO3. The Kier molecular flexibility index (Phi) is 4.80. The van der Waals surface area contributed by atoms with E-state index in [2.05, 4.69) is 11.4 Å². The van der Waals surface area contributed by atoms with Crippen molar-refractivity contribution in [2.45, 2.75) is 32.3 Å². The van der Waals surface area contributed by atoms with Gasteiger partial charge in [0.15, 0.2) is 0 Å². The third-order valence-corrected chi connectivity index (χ3v) is 3.15. The largest absolute Gasteiger partial charge is 0.463 e. The maximum atomic E-state index is 11.7. The minimum Gasteiger partial charge on any atom is -0.463 e. The zero-order chi connectivity index (χ0) is 13.7.